The van der Waals surface area contributed by atoms with E-state index >= 15 is 0 Å². The Kier molecular flexibility index (Phi) is 4.67. The topological polar surface area (TPSA) is 3.24 Å². The SMILES string of the molecule is Cc1ccc(C)c(N(c2cc(C)ccc2C)c2c(C)cccc2C)c1. The lowest BCUT2D eigenvalue weighted by Crippen LogP contribution is -2.15. The Morgan fingerprint density at radius 2 is 0.960 bits per heavy atom. The molecule has 0 saturated heterocycles. The molecule has 0 unspecified atom stereocenters. The molecule has 0 aliphatic rings. The van der Waals surface area contributed by atoms with E-state index in [0.29, 0.717) is 0 Å². The molecule has 0 aliphatic carbocycles. The van der Waals surface area contributed by atoms with Crippen molar-refractivity contribution < 1.29 is 0 Å². The van der Waals surface area contributed by atoms with Crippen molar-refractivity contribution in [3.05, 3.63) is 88.0 Å². The minimum atomic E-state index is 1.26. The van der Waals surface area contributed by atoms with Gasteiger partial charge in [-0.05, 0) is 87.1 Å². The Morgan fingerprint density at radius 3 is 1.40 bits per heavy atom. The second kappa shape index (κ2) is 6.76. The number of anilines is 3. The highest BCUT2D eigenvalue weighted by atomic mass is 15.2. The number of rotatable bonds is 3. The molecular weight excluding hydrogens is 302 g/mol. The molecule has 0 radical (unpaired) electrons. The molecule has 3 rings (SSSR count). The van der Waals surface area contributed by atoms with Gasteiger partial charge in [-0.1, -0.05) is 42.5 Å². The number of hydrogen-bond donors (Lipinski definition) is 0. The number of para-hydroxylation sites is 1. The Balaban J connectivity index is 2.37. The monoisotopic (exact) mass is 329 g/mol. The minimum Gasteiger partial charge on any atom is -0.309 e. The molecule has 0 fully saturated rings. The van der Waals surface area contributed by atoms with E-state index in [1.165, 1.54) is 50.4 Å². The van der Waals surface area contributed by atoms with Gasteiger partial charge in [0, 0.05) is 11.4 Å². The smallest absolute Gasteiger partial charge is 0.0520 e. The third-order valence-electron chi connectivity index (χ3n) is 4.87. The molecule has 128 valence electrons. The fourth-order valence-corrected chi connectivity index (χ4v) is 3.45. The molecule has 3 aromatic rings. The van der Waals surface area contributed by atoms with Crippen LogP contribution in [0.25, 0.3) is 0 Å². The molecule has 0 atom stereocenters. The summed E-state index contributed by atoms with van der Waals surface area (Å²) < 4.78 is 0. The summed E-state index contributed by atoms with van der Waals surface area (Å²) in [5.74, 6) is 0. The summed E-state index contributed by atoms with van der Waals surface area (Å²) in [7, 11) is 0. The summed E-state index contributed by atoms with van der Waals surface area (Å²) >= 11 is 0. The van der Waals surface area contributed by atoms with Crippen molar-refractivity contribution in [3.63, 3.8) is 0 Å². The predicted octanol–water partition coefficient (Wildman–Crippen LogP) is 7.01. The van der Waals surface area contributed by atoms with Crippen LogP contribution in [0.5, 0.6) is 0 Å². The fourth-order valence-electron chi connectivity index (χ4n) is 3.45. The van der Waals surface area contributed by atoms with Crippen LogP contribution in [-0.2, 0) is 0 Å². The Bertz CT molecular complexity index is 850. The molecule has 0 spiro atoms. The van der Waals surface area contributed by atoms with Gasteiger partial charge in [0.05, 0.1) is 5.69 Å². The third-order valence-corrected chi connectivity index (χ3v) is 4.87. The van der Waals surface area contributed by atoms with Gasteiger partial charge >= 0.3 is 0 Å². The van der Waals surface area contributed by atoms with Crippen molar-refractivity contribution in [1.29, 1.82) is 0 Å². The summed E-state index contributed by atoms with van der Waals surface area (Å²) in [5.41, 5.74) is 11.5. The minimum absolute atomic E-state index is 1.26. The second-order valence-corrected chi connectivity index (χ2v) is 7.16. The van der Waals surface area contributed by atoms with Gasteiger partial charge in [-0.15, -0.1) is 0 Å². The van der Waals surface area contributed by atoms with Gasteiger partial charge in [0.2, 0.25) is 0 Å². The van der Waals surface area contributed by atoms with Crippen molar-refractivity contribution in [3.8, 4) is 0 Å². The predicted molar refractivity (Wildman–Crippen MR) is 110 cm³/mol. The summed E-state index contributed by atoms with van der Waals surface area (Å²) in [5, 5.41) is 0. The molecule has 0 aliphatic heterocycles. The van der Waals surface area contributed by atoms with E-state index in [1.807, 2.05) is 0 Å². The van der Waals surface area contributed by atoms with Crippen LogP contribution in [0.15, 0.2) is 54.6 Å². The molecule has 1 nitrogen and oxygen atoms in total. The van der Waals surface area contributed by atoms with E-state index in [0.717, 1.165) is 0 Å². The molecule has 3 aromatic carbocycles. The van der Waals surface area contributed by atoms with Crippen LogP contribution in [0.2, 0.25) is 0 Å². The zero-order valence-electron chi connectivity index (χ0n) is 16.1. The highest BCUT2D eigenvalue weighted by molar-refractivity contribution is 5.83. The standard InChI is InChI=1S/C24H27N/c1-16-10-12-18(3)22(14-16)25(23-15-17(2)11-13-19(23)4)24-20(5)8-7-9-21(24)6/h7-15H,1-6H3. The average Bonchev–Trinajstić information content (AvgIpc) is 2.56. The molecule has 0 amide bonds. The summed E-state index contributed by atoms with van der Waals surface area (Å²) in [6.07, 6.45) is 0. The van der Waals surface area contributed by atoms with E-state index in [1.54, 1.807) is 0 Å². The van der Waals surface area contributed by atoms with Gasteiger partial charge in [-0.3, -0.25) is 0 Å². The lowest BCUT2D eigenvalue weighted by molar-refractivity contribution is 1.17. The van der Waals surface area contributed by atoms with Crippen molar-refractivity contribution in [2.75, 3.05) is 4.90 Å². The summed E-state index contributed by atoms with van der Waals surface area (Å²) in [6, 6.07) is 19.9. The van der Waals surface area contributed by atoms with Gasteiger partial charge in [0.1, 0.15) is 0 Å². The Labute approximate surface area is 151 Å². The molecule has 0 aromatic heterocycles. The Hall–Kier alpha value is -2.54. The number of nitrogens with zero attached hydrogens (tertiary/aromatic N) is 1. The van der Waals surface area contributed by atoms with Crippen LogP contribution in [0.3, 0.4) is 0 Å². The molecule has 0 bridgehead atoms. The van der Waals surface area contributed by atoms with E-state index in [9.17, 15) is 0 Å². The maximum atomic E-state index is 2.44. The Morgan fingerprint density at radius 1 is 0.520 bits per heavy atom. The molecule has 25 heavy (non-hydrogen) atoms. The maximum Gasteiger partial charge on any atom is 0.0520 e. The zero-order chi connectivity index (χ0) is 18.1. The van der Waals surface area contributed by atoms with Crippen molar-refractivity contribution in [2.24, 2.45) is 0 Å². The molecule has 1 heteroatoms. The average molecular weight is 329 g/mol. The second-order valence-electron chi connectivity index (χ2n) is 7.16. The van der Waals surface area contributed by atoms with Crippen LogP contribution in [-0.4, -0.2) is 0 Å². The first-order valence-electron chi connectivity index (χ1n) is 8.89. The van der Waals surface area contributed by atoms with Crippen LogP contribution in [0, 0.1) is 41.5 Å². The summed E-state index contributed by atoms with van der Waals surface area (Å²) in [6.45, 7) is 13.1. The van der Waals surface area contributed by atoms with Crippen LogP contribution in [0.4, 0.5) is 17.1 Å². The van der Waals surface area contributed by atoms with Gasteiger partial charge in [-0.2, -0.15) is 0 Å². The van der Waals surface area contributed by atoms with Crippen molar-refractivity contribution >= 4 is 17.1 Å². The largest absolute Gasteiger partial charge is 0.309 e. The van der Waals surface area contributed by atoms with Gasteiger partial charge < -0.3 is 4.90 Å². The number of benzene rings is 3. The van der Waals surface area contributed by atoms with E-state index < -0.39 is 0 Å². The van der Waals surface area contributed by atoms with E-state index in [4.69, 9.17) is 0 Å². The highest BCUT2D eigenvalue weighted by Crippen LogP contribution is 2.41. The first-order valence-corrected chi connectivity index (χ1v) is 8.89. The molecule has 0 heterocycles. The van der Waals surface area contributed by atoms with E-state index in [2.05, 4.69) is 101 Å². The van der Waals surface area contributed by atoms with Crippen LogP contribution < -0.4 is 4.90 Å². The van der Waals surface area contributed by atoms with E-state index in [-0.39, 0.29) is 0 Å². The summed E-state index contributed by atoms with van der Waals surface area (Å²) in [4.78, 5) is 2.44. The first kappa shape index (κ1) is 17.3. The third kappa shape index (κ3) is 3.32. The van der Waals surface area contributed by atoms with Gasteiger partial charge in [-0.25, -0.2) is 0 Å². The normalized spacial score (nSPS) is 10.8. The van der Waals surface area contributed by atoms with Gasteiger partial charge in [0.15, 0.2) is 0 Å². The lowest BCUT2D eigenvalue weighted by Gasteiger charge is -2.31. The molecule has 0 saturated carbocycles. The lowest BCUT2D eigenvalue weighted by atomic mass is 10.0. The van der Waals surface area contributed by atoms with Crippen molar-refractivity contribution in [2.45, 2.75) is 41.5 Å². The number of hydrogen-bond acceptors (Lipinski definition) is 1. The van der Waals surface area contributed by atoms with Crippen LogP contribution >= 0.6 is 0 Å². The molecular formula is C24H27N. The van der Waals surface area contributed by atoms with Gasteiger partial charge in [0.25, 0.3) is 0 Å². The van der Waals surface area contributed by atoms with Crippen LogP contribution in [0.1, 0.15) is 33.4 Å². The zero-order valence-corrected chi connectivity index (χ0v) is 16.1. The number of aryl methyl sites for hydroxylation is 6. The molecule has 0 N–H and O–H groups in total. The fraction of sp³-hybridized carbons (Fsp3) is 0.250. The quantitative estimate of drug-likeness (QED) is 0.499. The first-order chi connectivity index (χ1) is 11.9. The van der Waals surface area contributed by atoms with Crippen molar-refractivity contribution in [1.82, 2.24) is 0 Å². The highest BCUT2D eigenvalue weighted by Gasteiger charge is 2.20. The maximum absolute atomic E-state index is 2.44.